The lowest BCUT2D eigenvalue weighted by atomic mass is 9.98. The number of ether oxygens (including phenoxy) is 1. The quantitative estimate of drug-likeness (QED) is 0.163. The van der Waals surface area contributed by atoms with E-state index in [9.17, 15) is 14.4 Å². The van der Waals surface area contributed by atoms with Gasteiger partial charge in [0.1, 0.15) is 12.4 Å². The number of nitrogens with one attached hydrogen (secondary N) is 1. The number of benzene rings is 3. The molecule has 9 heteroatoms. The van der Waals surface area contributed by atoms with Gasteiger partial charge in [-0.3, -0.25) is 4.79 Å². The molecule has 0 amide bonds. The molecule has 234 valence electrons. The predicted octanol–water partition coefficient (Wildman–Crippen LogP) is 5.49. The number of aryl methyl sites for hydroxylation is 2. The molecule has 0 saturated heterocycles. The number of rotatable bonds is 14. The summed E-state index contributed by atoms with van der Waals surface area (Å²) in [5.41, 5.74) is 7.09. The zero-order valence-electron chi connectivity index (χ0n) is 26.3. The second-order valence-corrected chi connectivity index (χ2v) is 10.8. The number of carboxylic acid groups (broad SMARTS) is 2. The van der Waals surface area contributed by atoms with Crippen LogP contribution in [0.3, 0.4) is 0 Å². The van der Waals surface area contributed by atoms with E-state index in [4.69, 9.17) is 14.9 Å². The summed E-state index contributed by atoms with van der Waals surface area (Å²) in [7, 11) is 8.11. The summed E-state index contributed by atoms with van der Waals surface area (Å²) in [5, 5.41) is 19.0. The van der Waals surface area contributed by atoms with E-state index in [1.54, 1.807) is 6.08 Å². The van der Waals surface area contributed by atoms with Gasteiger partial charge in [0.15, 0.2) is 5.78 Å². The molecule has 9 nitrogen and oxygen atoms in total. The van der Waals surface area contributed by atoms with Gasteiger partial charge in [-0.15, -0.1) is 0 Å². The summed E-state index contributed by atoms with van der Waals surface area (Å²) in [6.45, 7) is 7.26. The molecule has 0 fully saturated rings. The summed E-state index contributed by atoms with van der Waals surface area (Å²) in [6.07, 6.45) is 4.63. The molecule has 0 spiro atoms. The summed E-state index contributed by atoms with van der Waals surface area (Å²) in [6, 6.07) is 20.4. The highest BCUT2D eigenvalue weighted by Crippen LogP contribution is 2.29. The lowest BCUT2D eigenvalue weighted by molar-refractivity contribution is -0.134. The van der Waals surface area contributed by atoms with Crippen molar-refractivity contribution in [3.63, 3.8) is 0 Å². The molecule has 0 saturated carbocycles. The Labute approximate surface area is 260 Å². The third kappa shape index (κ3) is 13.1. The smallest absolute Gasteiger partial charge is 0.328 e. The molecule has 3 N–H and O–H groups in total. The summed E-state index contributed by atoms with van der Waals surface area (Å²) in [4.78, 5) is 36.5. The molecule has 3 aromatic rings. The molecular weight excluding hydrogens is 558 g/mol. The Balaban J connectivity index is 0.000000742. The standard InChI is InChI=1S/C31H39N3O2.C4H4O4/c1-23-19-24(2)21-27(20-23)25-12-14-31(36-18-17-34(5)6)26(22-25)11-13-30(35)28-9-7-8-10-29(28)32-15-16-33(3)4;5-3(6)1-2-4(7)8/h7-14,19-22,32H,15-18H2,1-6H3;1-2H,(H,5,6)(H,7,8)/b13-11+;2-1+. The second-order valence-electron chi connectivity index (χ2n) is 10.8. The molecule has 0 atom stereocenters. The topological polar surface area (TPSA) is 119 Å². The molecule has 44 heavy (non-hydrogen) atoms. The van der Waals surface area contributed by atoms with Gasteiger partial charge in [-0.25, -0.2) is 9.59 Å². The third-order valence-corrected chi connectivity index (χ3v) is 6.21. The van der Waals surface area contributed by atoms with Crippen LogP contribution in [0.2, 0.25) is 0 Å². The van der Waals surface area contributed by atoms with Crippen molar-refractivity contribution in [1.82, 2.24) is 9.80 Å². The van der Waals surface area contributed by atoms with Gasteiger partial charge in [0.2, 0.25) is 0 Å². The van der Waals surface area contributed by atoms with Crippen molar-refractivity contribution in [1.29, 1.82) is 0 Å². The highest BCUT2D eigenvalue weighted by molar-refractivity contribution is 6.10. The Morgan fingerprint density at radius 1 is 0.773 bits per heavy atom. The van der Waals surface area contributed by atoms with Gasteiger partial charge in [-0.2, -0.15) is 0 Å². The predicted molar refractivity (Wildman–Crippen MR) is 177 cm³/mol. The first kappa shape index (κ1) is 35.5. The van der Waals surface area contributed by atoms with Gasteiger partial charge in [-0.1, -0.05) is 47.5 Å². The van der Waals surface area contributed by atoms with Gasteiger partial charge < -0.3 is 30.1 Å². The van der Waals surface area contributed by atoms with Crippen molar-refractivity contribution >= 4 is 29.5 Å². The number of nitrogens with zero attached hydrogens (tertiary/aromatic N) is 2. The number of hydrogen-bond acceptors (Lipinski definition) is 7. The summed E-state index contributed by atoms with van der Waals surface area (Å²) >= 11 is 0. The minimum absolute atomic E-state index is 0.0426. The molecule has 0 heterocycles. The van der Waals surface area contributed by atoms with E-state index in [1.807, 2.05) is 64.6 Å². The Bertz CT molecular complexity index is 1440. The van der Waals surface area contributed by atoms with Crippen LogP contribution in [0.4, 0.5) is 5.69 Å². The Morgan fingerprint density at radius 3 is 1.98 bits per heavy atom. The van der Waals surface area contributed by atoms with Crippen LogP contribution < -0.4 is 10.1 Å². The van der Waals surface area contributed by atoms with E-state index in [0.717, 1.165) is 47.8 Å². The molecule has 0 aromatic heterocycles. The Hall–Kier alpha value is -4.73. The third-order valence-electron chi connectivity index (χ3n) is 6.21. The summed E-state index contributed by atoms with van der Waals surface area (Å²) in [5.74, 6) is -1.79. The van der Waals surface area contributed by atoms with Crippen molar-refractivity contribution in [2.24, 2.45) is 0 Å². The average molecular weight is 602 g/mol. The van der Waals surface area contributed by atoms with Crippen molar-refractivity contribution < 1.29 is 29.3 Å². The van der Waals surface area contributed by atoms with E-state index in [1.165, 1.54) is 11.1 Å². The fourth-order valence-corrected chi connectivity index (χ4v) is 4.13. The van der Waals surface area contributed by atoms with Crippen LogP contribution in [-0.2, 0) is 9.59 Å². The van der Waals surface area contributed by atoms with E-state index in [2.05, 4.69) is 59.3 Å². The molecular formula is C35H43N3O6. The van der Waals surface area contributed by atoms with E-state index in [-0.39, 0.29) is 5.78 Å². The maximum atomic E-state index is 13.2. The highest BCUT2D eigenvalue weighted by atomic mass is 16.5. The van der Waals surface area contributed by atoms with Crippen LogP contribution in [-0.4, -0.2) is 92.2 Å². The molecule has 0 aliphatic rings. The minimum atomic E-state index is -1.26. The molecule has 0 aliphatic carbocycles. The summed E-state index contributed by atoms with van der Waals surface area (Å²) < 4.78 is 6.10. The number of carbonyl (C=O) groups excluding carboxylic acids is 1. The number of allylic oxidation sites excluding steroid dienone is 1. The zero-order valence-corrected chi connectivity index (χ0v) is 26.3. The SMILES string of the molecule is Cc1cc(C)cc(-c2ccc(OCCN(C)C)c(/C=C/C(=O)c3ccccc3NCCN(C)C)c2)c1.O=C(O)/C=C/C(=O)O. The number of carboxylic acids is 2. The number of carbonyl (C=O) groups is 3. The van der Waals surface area contributed by atoms with Crippen molar-refractivity contribution in [2.75, 3.05) is 59.7 Å². The fraction of sp³-hybridized carbons (Fsp3) is 0.286. The maximum absolute atomic E-state index is 13.2. The monoisotopic (exact) mass is 601 g/mol. The molecule has 0 aliphatic heterocycles. The van der Waals surface area contributed by atoms with Gasteiger partial charge in [0, 0.05) is 48.6 Å². The van der Waals surface area contributed by atoms with Gasteiger partial charge in [0.25, 0.3) is 0 Å². The molecule has 0 unspecified atom stereocenters. The lowest BCUT2D eigenvalue weighted by Gasteiger charge is -2.15. The fourth-order valence-electron chi connectivity index (χ4n) is 4.13. The highest BCUT2D eigenvalue weighted by Gasteiger charge is 2.10. The van der Waals surface area contributed by atoms with Crippen LogP contribution in [0.25, 0.3) is 17.2 Å². The van der Waals surface area contributed by atoms with Crippen LogP contribution >= 0.6 is 0 Å². The van der Waals surface area contributed by atoms with Crippen molar-refractivity contribution in [3.8, 4) is 16.9 Å². The molecule has 0 bridgehead atoms. The van der Waals surface area contributed by atoms with Crippen LogP contribution in [0.5, 0.6) is 5.75 Å². The Kier molecular flexibility index (Phi) is 14.5. The van der Waals surface area contributed by atoms with Crippen LogP contribution in [0, 0.1) is 13.8 Å². The van der Waals surface area contributed by atoms with E-state index < -0.39 is 11.9 Å². The van der Waals surface area contributed by atoms with Gasteiger partial charge in [0.05, 0.1) is 0 Å². The number of ketones is 1. The largest absolute Gasteiger partial charge is 0.492 e. The van der Waals surface area contributed by atoms with Crippen LogP contribution in [0.1, 0.15) is 27.0 Å². The maximum Gasteiger partial charge on any atom is 0.328 e. The molecule has 3 aromatic carbocycles. The number of hydrogen-bond donors (Lipinski definition) is 3. The molecule has 0 radical (unpaired) electrons. The van der Waals surface area contributed by atoms with E-state index >= 15 is 0 Å². The normalized spacial score (nSPS) is 11.1. The van der Waals surface area contributed by atoms with E-state index in [0.29, 0.717) is 24.3 Å². The number of anilines is 1. The van der Waals surface area contributed by atoms with Crippen molar-refractivity contribution in [3.05, 3.63) is 101 Å². The van der Waals surface area contributed by atoms with Gasteiger partial charge >= 0.3 is 11.9 Å². The van der Waals surface area contributed by atoms with Crippen molar-refractivity contribution in [2.45, 2.75) is 13.8 Å². The second kappa shape index (κ2) is 18.0. The number of aliphatic carboxylic acids is 2. The first-order valence-corrected chi connectivity index (χ1v) is 14.2. The first-order chi connectivity index (χ1) is 20.8. The number of para-hydroxylation sites is 1. The first-order valence-electron chi connectivity index (χ1n) is 14.2. The lowest BCUT2D eigenvalue weighted by Crippen LogP contribution is -2.21. The Morgan fingerprint density at radius 2 is 1.39 bits per heavy atom. The average Bonchev–Trinajstić information content (AvgIpc) is 2.95. The number of likely N-dealkylation sites (N-methyl/N-ethyl adjacent to an activating group) is 2. The van der Waals surface area contributed by atoms with Crippen LogP contribution in [0.15, 0.2) is 78.9 Å². The zero-order chi connectivity index (χ0) is 32.6. The minimum Gasteiger partial charge on any atom is -0.492 e. The van der Waals surface area contributed by atoms with Gasteiger partial charge in [-0.05, 0) is 89.6 Å². The molecule has 3 rings (SSSR count).